The van der Waals surface area contributed by atoms with Crippen molar-refractivity contribution >= 4 is 28.4 Å². The van der Waals surface area contributed by atoms with E-state index in [0.717, 1.165) is 16.7 Å². The standard InChI is InChI=1S/C16H16ClN3O2/c17-13-3-4-15-12(10-13)11-19-20(15)8-6-16(21)18-7-5-14-2-1-9-22-14/h1-4,9-11H,5-8H2,(H,18,21). The molecule has 2 aromatic heterocycles. The molecule has 0 bridgehead atoms. The van der Waals surface area contributed by atoms with Gasteiger partial charge in [-0.05, 0) is 30.3 Å². The zero-order valence-corrected chi connectivity index (χ0v) is 12.7. The molecule has 5 nitrogen and oxygen atoms in total. The van der Waals surface area contributed by atoms with Crippen molar-refractivity contribution in [2.75, 3.05) is 6.54 Å². The molecule has 0 radical (unpaired) electrons. The van der Waals surface area contributed by atoms with Gasteiger partial charge in [-0.25, -0.2) is 0 Å². The minimum Gasteiger partial charge on any atom is -0.469 e. The van der Waals surface area contributed by atoms with Gasteiger partial charge in [-0.1, -0.05) is 11.6 Å². The van der Waals surface area contributed by atoms with Crippen LogP contribution in [0.3, 0.4) is 0 Å². The third kappa shape index (κ3) is 3.49. The third-order valence-electron chi connectivity index (χ3n) is 3.43. The van der Waals surface area contributed by atoms with Gasteiger partial charge in [0.25, 0.3) is 0 Å². The first-order chi connectivity index (χ1) is 10.7. The van der Waals surface area contributed by atoms with Crippen molar-refractivity contribution in [2.45, 2.75) is 19.4 Å². The van der Waals surface area contributed by atoms with Crippen LogP contribution in [0.5, 0.6) is 0 Å². The first-order valence-electron chi connectivity index (χ1n) is 7.12. The lowest BCUT2D eigenvalue weighted by atomic mass is 10.2. The highest BCUT2D eigenvalue weighted by atomic mass is 35.5. The van der Waals surface area contributed by atoms with Crippen LogP contribution < -0.4 is 5.32 Å². The average Bonchev–Trinajstić information content (AvgIpc) is 3.14. The molecule has 3 rings (SSSR count). The fourth-order valence-corrected chi connectivity index (χ4v) is 2.49. The fraction of sp³-hybridized carbons (Fsp3) is 0.250. The summed E-state index contributed by atoms with van der Waals surface area (Å²) in [6.07, 6.45) is 4.47. The van der Waals surface area contributed by atoms with E-state index in [1.54, 1.807) is 12.5 Å². The molecule has 0 saturated heterocycles. The summed E-state index contributed by atoms with van der Waals surface area (Å²) in [7, 11) is 0. The first kappa shape index (κ1) is 14.7. The smallest absolute Gasteiger partial charge is 0.221 e. The first-order valence-corrected chi connectivity index (χ1v) is 7.50. The zero-order valence-electron chi connectivity index (χ0n) is 12.0. The third-order valence-corrected chi connectivity index (χ3v) is 3.66. The van der Waals surface area contributed by atoms with Crippen molar-refractivity contribution in [2.24, 2.45) is 0 Å². The van der Waals surface area contributed by atoms with Crippen LogP contribution in [0, 0.1) is 0 Å². The summed E-state index contributed by atoms with van der Waals surface area (Å²) in [6, 6.07) is 9.34. The Hall–Kier alpha value is -2.27. The van der Waals surface area contributed by atoms with Crippen LogP contribution >= 0.6 is 11.6 Å². The second-order valence-electron chi connectivity index (χ2n) is 5.00. The Kier molecular flexibility index (Phi) is 4.44. The highest BCUT2D eigenvalue weighted by Gasteiger charge is 2.06. The van der Waals surface area contributed by atoms with E-state index in [4.69, 9.17) is 16.0 Å². The molecule has 1 amide bonds. The van der Waals surface area contributed by atoms with Gasteiger partial charge in [-0.2, -0.15) is 5.10 Å². The molecule has 22 heavy (non-hydrogen) atoms. The number of nitrogens with one attached hydrogen (secondary N) is 1. The Morgan fingerprint density at radius 2 is 2.27 bits per heavy atom. The Labute approximate surface area is 132 Å². The Balaban J connectivity index is 1.49. The van der Waals surface area contributed by atoms with Crippen LogP contribution in [0.1, 0.15) is 12.2 Å². The van der Waals surface area contributed by atoms with Crippen molar-refractivity contribution in [1.82, 2.24) is 15.1 Å². The van der Waals surface area contributed by atoms with E-state index in [-0.39, 0.29) is 5.91 Å². The normalized spacial score (nSPS) is 11.0. The van der Waals surface area contributed by atoms with Crippen LogP contribution in [0.25, 0.3) is 10.9 Å². The molecule has 0 saturated carbocycles. The lowest BCUT2D eigenvalue weighted by Gasteiger charge is -2.05. The number of aryl methyl sites for hydroxylation is 1. The molecule has 0 fully saturated rings. The minimum atomic E-state index is 0.00386. The molecule has 2 heterocycles. The van der Waals surface area contributed by atoms with Gasteiger partial charge in [0.15, 0.2) is 0 Å². The maximum Gasteiger partial charge on any atom is 0.221 e. The highest BCUT2D eigenvalue weighted by Crippen LogP contribution is 2.19. The summed E-state index contributed by atoms with van der Waals surface area (Å²) in [4.78, 5) is 11.9. The van der Waals surface area contributed by atoms with Gasteiger partial charge in [0.05, 0.1) is 24.5 Å². The molecule has 1 aromatic carbocycles. The SMILES string of the molecule is O=C(CCn1ncc2cc(Cl)ccc21)NCCc1ccco1. The zero-order chi connectivity index (χ0) is 15.4. The number of halogens is 1. The van der Waals surface area contributed by atoms with Crippen LogP contribution in [0.4, 0.5) is 0 Å². The lowest BCUT2D eigenvalue weighted by molar-refractivity contribution is -0.121. The fourth-order valence-electron chi connectivity index (χ4n) is 2.31. The maximum absolute atomic E-state index is 11.9. The quantitative estimate of drug-likeness (QED) is 0.760. The molecule has 0 aliphatic heterocycles. The van der Waals surface area contributed by atoms with Gasteiger partial charge in [-0.15, -0.1) is 0 Å². The summed E-state index contributed by atoms with van der Waals surface area (Å²) in [5.41, 5.74) is 0.979. The molecular weight excluding hydrogens is 302 g/mol. The van der Waals surface area contributed by atoms with Crippen molar-refractivity contribution in [3.8, 4) is 0 Å². The molecule has 0 aliphatic rings. The maximum atomic E-state index is 11.9. The molecule has 114 valence electrons. The summed E-state index contributed by atoms with van der Waals surface area (Å²) < 4.78 is 7.03. The Bertz CT molecular complexity index is 765. The van der Waals surface area contributed by atoms with E-state index >= 15 is 0 Å². The number of fused-ring (bicyclic) bond motifs is 1. The summed E-state index contributed by atoms with van der Waals surface area (Å²) >= 11 is 5.95. The van der Waals surface area contributed by atoms with E-state index in [9.17, 15) is 4.79 Å². The molecule has 0 unspecified atom stereocenters. The number of amides is 1. The average molecular weight is 318 g/mol. The number of hydrogen-bond acceptors (Lipinski definition) is 3. The van der Waals surface area contributed by atoms with Crippen molar-refractivity contribution < 1.29 is 9.21 Å². The van der Waals surface area contributed by atoms with Gasteiger partial charge in [0.1, 0.15) is 5.76 Å². The van der Waals surface area contributed by atoms with Crippen molar-refractivity contribution in [3.63, 3.8) is 0 Å². The summed E-state index contributed by atoms with van der Waals surface area (Å²) in [5, 5.41) is 8.83. The van der Waals surface area contributed by atoms with Crippen LogP contribution in [-0.2, 0) is 17.8 Å². The Morgan fingerprint density at radius 3 is 3.09 bits per heavy atom. The van der Waals surface area contributed by atoms with E-state index < -0.39 is 0 Å². The van der Waals surface area contributed by atoms with E-state index in [0.29, 0.717) is 31.0 Å². The van der Waals surface area contributed by atoms with Gasteiger partial charge in [-0.3, -0.25) is 9.48 Å². The molecular formula is C16H16ClN3O2. The summed E-state index contributed by atoms with van der Waals surface area (Å²) in [6.45, 7) is 1.11. The monoisotopic (exact) mass is 317 g/mol. The molecule has 3 aromatic rings. The number of hydrogen-bond donors (Lipinski definition) is 1. The van der Waals surface area contributed by atoms with Crippen molar-refractivity contribution in [3.05, 3.63) is 53.6 Å². The van der Waals surface area contributed by atoms with Crippen LogP contribution in [0.2, 0.25) is 5.02 Å². The molecule has 0 aliphatic carbocycles. The number of furan rings is 1. The molecule has 0 atom stereocenters. The predicted octanol–water partition coefficient (Wildman–Crippen LogP) is 3.03. The van der Waals surface area contributed by atoms with Gasteiger partial charge in [0.2, 0.25) is 5.91 Å². The van der Waals surface area contributed by atoms with Gasteiger partial charge >= 0.3 is 0 Å². The summed E-state index contributed by atoms with van der Waals surface area (Å²) in [5.74, 6) is 0.874. The number of carbonyl (C=O) groups is 1. The van der Waals surface area contributed by atoms with E-state index in [1.165, 1.54) is 0 Å². The number of benzene rings is 1. The molecule has 1 N–H and O–H groups in total. The largest absolute Gasteiger partial charge is 0.469 e. The second kappa shape index (κ2) is 6.66. The number of rotatable bonds is 6. The van der Waals surface area contributed by atoms with E-state index in [1.807, 2.05) is 35.0 Å². The Morgan fingerprint density at radius 1 is 1.36 bits per heavy atom. The predicted molar refractivity (Wildman–Crippen MR) is 84.8 cm³/mol. The van der Waals surface area contributed by atoms with Gasteiger partial charge in [0, 0.05) is 29.8 Å². The highest BCUT2D eigenvalue weighted by molar-refractivity contribution is 6.31. The minimum absolute atomic E-state index is 0.00386. The number of nitrogens with zero attached hydrogens (tertiary/aromatic N) is 2. The topological polar surface area (TPSA) is 60.1 Å². The van der Waals surface area contributed by atoms with Gasteiger partial charge < -0.3 is 9.73 Å². The van der Waals surface area contributed by atoms with Crippen molar-refractivity contribution in [1.29, 1.82) is 0 Å². The molecule has 6 heteroatoms. The number of carbonyl (C=O) groups excluding carboxylic acids is 1. The number of aromatic nitrogens is 2. The molecule has 0 spiro atoms. The van der Waals surface area contributed by atoms with Crippen LogP contribution in [0.15, 0.2) is 47.2 Å². The second-order valence-corrected chi connectivity index (χ2v) is 5.44. The van der Waals surface area contributed by atoms with Crippen LogP contribution in [-0.4, -0.2) is 22.2 Å². The lowest BCUT2D eigenvalue weighted by Crippen LogP contribution is -2.26. The van der Waals surface area contributed by atoms with E-state index in [2.05, 4.69) is 10.4 Å².